The second-order valence-corrected chi connectivity index (χ2v) is 4.05. The summed E-state index contributed by atoms with van der Waals surface area (Å²) < 4.78 is 0. The van der Waals surface area contributed by atoms with E-state index in [1.807, 2.05) is 31.2 Å². The minimum absolute atomic E-state index is 0.0661. The maximum Gasteiger partial charge on any atom is 0.305 e. The number of hydrogen-bond donors (Lipinski definition) is 2. The minimum Gasteiger partial charge on any atom is -0.481 e. The van der Waals surface area contributed by atoms with Crippen LogP contribution in [0.25, 0.3) is 0 Å². The first-order valence-corrected chi connectivity index (χ1v) is 5.78. The molecule has 5 heteroatoms. The number of carboxylic acids is 1. The SMILES string of the molecule is CNCC(=O)N(CCC(=O)O)c1ccc(C)cc1. The van der Waals surface area contributed by atoms with E-state index < -0.39 is 5.97 Å². The van der Waals surface area contributed by atoms with Crippen LogP contribution in [0.15, 0.2) is 24.3 Å². The summed E-state index contributed by atoms with van der Waals surface area (Å²) >= 11 is 0. The van der Waals surface area contributed by atoms with Crippen molar-refractivity contribution < 1.29 is 14.7 Å². The van der Waals surface area contributed by atoms with Crippen molar-refractivity contribution >= 4 is 17.6 Å². The summed E-state index contributed by atoms with van der Waals surface area (Å²) in [5.41, 5.74) is 1.82. The van der Waals surface area contributed by atoms with Crippen LogP contribution in [0.2, 0.25) is 0 Å². The molecule has 0 spiro atoms. The molecule has 0 fully saturated rings. The summed E-state index contributed by atoms with van der Waals surface area (Å²) in [6, 6.07) is 7.45. The van der Waals surface area contributed by atoms with Gasteiger partial charge in [-0.1, -0.05) is 17.7 Å². The Labute approximate surface area is 106 Å². The number of anilines is 1. The Kier molecular flexibility index (Phi) is 5.32. The van der Waals surface area contributed by atoms with Crippen LogP contribution in [0.4, 0.5) is 5.69 Å². The quantitative estimate of drug-likeness (QED) is 0.791. The number of carbonyl (C=O) groups is 2. The maximum atomic E-state index is 11.9. The van der Waals surface area contributed by atoms with E-state index in [-0.39, 0.29) is 25.4 Å². The minimum atomic E-state index is -0.913. The summed E-state index contributed by atoms with van der Waals surface area (Å²) in [4.78, 5) is 24.0. The first-order valence-electron chi connectivity index (χ1n) is 5.78. The van der Waals surface area contributed by atoms with Crippen LogP contribution < -0.4 is 10.2 Å². The van der Waals surface area contributed by atoms with Gasteiger partial charge in [-0.3, -0.25) is 9.59 Å². The van der Waals surface area contributed by atoms with Crippen molar-refractivity contribution in [3.05, 3.63) is 29.8 Å². The molecular formula is C13H18N2O3. The molecule has 0 aliphatic rings. The molecular weight excluding hydrogens is 232 g/mol. The van der Waals surface area contributed by atoms with Gasteiger partial charge in [0.05, 0.1) is 13.0 Å². The molecule has 2 N–H and O–H groups in total. The number of nitrogens with zero attached hydrogens (tertiary/aromatic N) is 1. The Balaban J connectivity index is 2.85. The predicted octanol–water partition coefficient (Wildman–Crippen LogP) is 1.02. The van der Waals surface area contributed by atoms with Crippen LogP contribution in [0, 0.1) is 6.92 Å². The molecule has 0 unspecified atom stereocenters. The van der Waals surface area contributed by atoms with E-state index >= 15 is 0 Å². The third-order valence-corrected chi connectivity index (χ3v) is 2.52. The monoisotopic (exact) mass is 250 g/mol. The Hall–Kier alpha value is -1.88. The number of rotatable bonds is 6. The van der Waals surface area contributed by atoms with Crippen molar-refractivity contribution in [3.63, 3.8) is 0 Å². The zero-order chi connectivity index (χ0) is 13.5. The van der Waals surface area contributed by atoms with Crippen LogP contribution in [0.5, 0.6) is 0 Å². The van der Waals surface area contributed by atoms with Gasteiger partial charge < -0.3 is 15.3 Å². The Morgan fingerprint density at radius 2 is 1.89 bits per heavy atom. The number of aryl methyl sites for hydroxylation is 1. The van der Waals surface area contributed by atoms with Gasteiger partial charge in [0.15, 0.2) is 0 Å². The molecule has 0 heterocycles. The highest BCUT2D eigenvalue weighted by molar-refractivity contribution is 5.95. The van der Waals surface area contributed by atoms with E-state index in [0.717, 1.165) is 11.3 Å². The molecule has 18 heavy (non-hydrogen) atoms. The van der Waals surface area contributed by atoms with Gasteiger partial charge in [-0.05, 0) is 26.1 Å². The zero-order valence-corrected chi connectivity index (χ0v) is 10.6. The summed E-state index contributed by atoms with van der Waals surface area (Å²) in [5.74, 6) is -1.05. The lowest BCUT2D eigenvalue weighted by Gasteiger charge is -2.22. The Morgan fingerprint density at radius 1 is 1.28 bits per heavy atom. The number of carbonyl (C=O) groups excluding carboxylic acids is 1. The molecule has 0 aliphatic heterocycles. The largest absolute Gasteiger partial charge is 0.481 e. The number of likely N-dealkylation sites (N-methyl/N-ethyl adjacent to an activating group) is 1. The smallest absolute Gasteiger partial charge is 0.305 e. The van der Waals surface area contributed by atoms with Gasteiger partial charge in [0, 0.05) is 12.2 Å². The fourth-order valence-electron chi connectivity index (χ4n) is 1.58. The molecule has 1 aromatic carbocycles. The van der Waals surface area contributed by atoms with Crippen LogP contribution in [0.1, 0.15) is 12.0 Å². The van der Waals surface area contributed by atoms with Gasteiger partial charge in [-0.25, -0.2) is 0 Å². The van der Waals surface area contributed by atoms with Crippen molar-refractivity contribution in [3.8, 4) is 0 Å². The van der Waals surface area contributed by atoms with Gasteiger partial charge in [0.1, 0.15) is 0 Å². The number of hydrogen-bond acceptors (Lipinski definition) is 3. The average Bonchev–Trinajstić information content (AvgIpc) is 2.31. The highest BCUT2D eigenvalue weighted by Crippen LogP contribution is 2.15. The van der Waals surface area contributed by atoms with Crippen LogP contribution in [-0.4, -0.2) is 37.1 Å². The molecule has 0 aliphatic carbocycles. The summed E-state index contributed by atoms with van der Waals surface area (Å²) in [6.07, 6.45) is -0.0661. The third kappa shape index (κ3) is 4.18. The number of aliphatic carboxylic acids is 1. The van der Waals surface area contributed by atoms with E-state index in [0.29, 0.717) is 0 Å². The van der Waals surface area contributed by atoms with Crippen molar-refractivity contribution in [1.29, 1.82) is 0 Å². The lowest BCUT2D eigenvalue weighted by molar-refractivity contribution is -0.136. The van der Waals surface area contributed by atoms with Crippen molar-refractivity contribution in [1.82, 2.24) is 5.32 Å². The molecule has 0 bridgehead atoms. The van der Waals surface area contributed by atoms with Gasteiger partial charge in [-0.15, -0.1) is 0 Å². The van der Waals surface area contributed by atoms with Gasteiger partial charge in [0.2, 0.25) is 5.91 Å². The molecule has 0 atom stereocenters. The van der Waals surface area contributed by atoms with Crippen LogP contribution in [-0.2, 0) is 9.59 Å². The molecule has 0 radical (unpaired) electrons. The van der Waals surface area contributed by atoms with Crippen LogP contribution in [0.3, 0.4) is 0 Å². The van der Waals surface area contributed by atoms with E-state index in [9.17, 15) is 9.59 Å². The summed E-state index contributed by atoms with van der Waals surface area (Å²) in [5, 5.41) is 11.5. The molecule has 1 rings (SSSR count). The first kappa shape index (κ1) is 14.2. The molecule has 0 saturated heterocycles. The molecule has 0 aromatic heterocycles. The van der Waals surface area contributed by atoms with E-state index in [1.54, 1.807) is 7.05 Å². The van der Waals surface area contributed by atoms with Crippen molar-refractivity contribution in [2.24, 2.45) is 0 Å². The van der Waals surface area contributed by atoms with E-state index in [1.165, 1.54) is 4.90 Å². The predicted molar refractivity (Wildman–Crippen MR) is 69.7 cm³/mol. The van der Waals surface area contributed by atoms with Gasteiger partial charge in [-0.2, -0.15) is 0 Å². The van der Waals surface area contributed by atoms with E-state index in [4.69, 9.17) is 5.11 Å². The van der Waals surface area contributed by atoms with Crippen LogP contribution >= 0.6 is 0 Å². The molecule has 1 aromatic rings. The highest BCUT2D eigenvalue weighted by atomic mass is 16.4. The average molecular weight is 250 g/mol. The zero-order valence-electron chi connectivity index (χ0n) is 10.6. The second-order valence-electron chi connectivity index (χ2n) is 4.05. The lowest BCUT2D eigenvalue weighted by atomic mass is 10.2. The molecule has 5 nitrogen and oxygen atoms in total. The normalized spacial score (nSPS) is 10.1. The standard InChI is InChI=1S/C13H18N2O3/c1-10-3-5-11(6-4-10)15(8-7-13(17)18)12(16)9-14-2/h3-6,14H,7-9H2,1-2H3,(H,17,18). The fraction of sp³-hybridized carbons (Fsp3) is 0.385. The second kappa shape index (κ2) is 6.76. The van der Waals surface area contributed by atoms with Crippen molar-refractivity contribution in [2.45, 2.75) is 13.3 Å². The van der Waals surface area contributed by atoms with Crippen molar-refractivity contribution in [2.75, 3.05) is 25.0 Å². The first-order chi connectivity index (χ1) is 8.54. The fourth-order valence-corrected chi connectivity index (χ4v) is 1.58. The topological polar surface area (TPSA) is 69.6 Å². The summed E-state index contributed by atoms with van der Waals surface area (Å²) in [7, 11) is 1.68. The molecule has 0 saturated carbocycles. The van der Waals surface area contributed by atoms with E-state index in [2.05, 4.69) is 5.32 Å². The number of benzene rings is 1. The lowest BCUT2D eigenvalue weighted by Crippen LogP contribution is -2.38. The Morgan fingerprint density at radius 3 is 2.39 bits per heavy atom. The van der Waals surface area contributed by atoms with Gasteiger partial charge >= 0.3 is 5.97 Å². The number of amides is 1. The summed E-state index contributed by atoms with van der Waals surface area (Å²) in [6.45, 7) is 2.33. The molecule has 98 valence electrons. The maximum absolute atomic E-state index is 11.9. The highest BCUT2D eigenvalue weighted by Gasteiger charge is 2.15. The third-order valence-electron chi connectivity index (χ3n) is 2.52. The Bertz CT molecular complexity index is 415. The molecule has 1 amide bonds. The number of nitrogens with one attached hydrogen (secondary N) is 1. The number of carboxylic acid groups (broad SMARTS) is 1. The van der Waals surface area contributed by atoms with Gasteiger partial charge in [0.25, 0.3) is 0 Å².